The molecule has 0 aliphatic heterocycles. The molecule has 0 amide bonds. The second-order valence-corrected chi connectivity index (χ2v) is 11.6. The van der Waals surface area contributed by atoms with Crippen molar-refractivity contribution in [2.45, 2.75) is 0 Å². The maximum atomic E-state index is 5.21. The predicted octanol–water partition coefficient (Wildman–Crippen LogP) is 11.2. The summed E-state index contributed by atoms with van der Waals surface area (Å²) in [6.07, 6.45) is 0. The molecule has 0 aliphatic carbocycles. The van der Waals surface area contributed by atoms with Crippen molar-refractivity contribution in [2.75, 3.05) is 0 Å². The monoisotopic (exact) mass is 585 g/mol. The number of fused-ring (bicyclic) bond motifs is 6. The lowest BCUT2D eigenvalue weighted by Crippen LogP contribution is -1.95. The molecule has 3 heteroatoms. The predicted molar refractivity (Wildman–Crippen MR) is 192 cm³/mol. The second kappa shape index (κ2) is 10.8. The van der Waals surface area contributed by atoms with Crippen molar-refractivity contribution in [2.24, 2.45) is 0 Å². The maximum absolute atomic E-state index is 5.21. The number of aromatic nitrogens is 3. The van der Waals surface area contributed by atoms with Crippen molar-refractivity contribution in [3.8, 4) is 45.0 Å². The van der Waals surface area contributed by atoms with Gasteiger partial charge in [-0.1, -0.05) is 146 Å². The number of hydrogen-bond acceptors (Lipinski definition) is 3. The zero-order chi connectivity index (χ0) is 30.5. The van der Waals surface area contributed by atoms with Gasteiger partial charge >= 0.3 is 0 Å². The first kappa shape index (κ1) is 26.2. The van der Waals surface area contributed by atoms with Gasteiger partial charge in [0.2, 0.25) is 0 Å². The third-order valence-electron chi connectivity index (χ3n) is 8.85. The molecule has 214 valence electrons. The highest BCUT2D eigenvalue weighted by atomic mass is 14.9. The van der Waals surface area contributed by atoms with Crippen molar-refractivity contribution in [3.05, 3.63) is 164 Å². The second-order valence-electron chi connectivity index (χ2n) is 11.6. The van der Waals surface area contributed by atoms with E-state index in [1.807, 2.05) is 30.3 Å². The number of rotatable bonds is 4. The van der Waals surface area contributed by atoms with E-state index in [1.54, 1.807) is 0 Å². The van der Waals surface area contributed by atoms with Crippen LogP contribution in [0.1, 0.15) is 0 Å². The number of pyridine rings is 1. The summed E-state index contributed by atoms with van der Waals surface area (Å²) in [5.74, 6) is 0.719. The molecule has 0 fully saturated rings. The van der Waals surface area contributed by atoms with E-state index in [-0.39, 0.29) is 0 Å². The minimum absolute atomic E-state index is 0.719. The minimum Gasteiger partial charge on any atom is -0.247 e. The number of para-hydroxylation sites is 2. The first-order valence-corrected chi connectivity index (χ1v) is 15.5. The Kier molecular flexibility index (Phi) is 6.14. The quantitative estimate of drug-likeness (QED) is 0.193. The summed E-state index contributed by atoms with van der Waals surface area (Å²) in [5.41, 5.74) is 9.31. The van der Waals surface area contributed by atoms with Crippen LogP contribution >= 0.6 is 0 Å². The van der Waals surface area contributed by atoms with E-state index >= 15 is 0 Å². The van der Waals surface area contributed by atoms with Crippen molar-refractivity contribution in [1.29, 1.82) is 0 Å². The normalized spacial score (nSPS) is 11.5. The Morgan fingerprint density at radius 3 is 1.74 bits per heavy atom. The molecule has 7 aromatic carbocycles. The molecule has 3 nitrogen and oxygen atoms in total. The van der Waals surface area contributed by atoms with Crippen LogP contribution in [0, 0.1) is 0 Å². The van der Waals surface area contributed by atoms with Crippen LogP contribution in [0.4, 0.5) is 0 Å². The Morgan fingerprint density at radius 2 is 0.913 bits per heavy atom. The molecular formula is C43H27N3. The van der Waals surface area contributed by atoms with Gasteiger partial charge in [0.05, 0.1) is 22.4 Å². The van der Waals surface area contributed by atoms with Gasteiger partial charge in [0.25, 0.3) is 0 Å². The third-order valence-corrected chi connectivity index (χ3v) is 8.85. The molecule has 0 radical (unpaired) electrons. The lowest BCUT2D eigenvalue weighted by molar-refractivity contribution is 1.23. The van der Waals surface area contributed by atoms with Crippen molar-refractivity contribution in [1.82, 2.24) is 15.0 Å². The molecule has 0 saturated carbocycles. The van der Waals surface area contributed by atoms with E-state index in [1.165, 1.54) is 21.5 Å². The fraction of sp³-hybridized carbons (Fsp3) is 0. The Morgan fingerprint density at radius 1 is 0.304 bits per heavy atom. The molecule has 0 spiro atoms. The molecule has 0 unspecified atom stereocenters. The van der Waals surface area contributed by atoms with Crippen LogP contribution in [0.15, 0.2) is 164 Å². The van der Waals surface area contributed by atoms with Crippen molar-refractivity contribution >= 4 is 43.4 Å². The van der Waals surface area contributed by atoms with E-state index in [2.05, 4.69) is 133 Å². The highest BCUT2D eigenvalue weighted by molar-refractivity contribution is 6.22. The van der Waals surface area contributed by atoms with E-state index in [4.69, 9.17) is 15.0 Å². The molecule has 0 N–H and O–H groups in total. The first-order valence-electron chi connectivity index (χ1n) is 15.5. The van der Waals surface area contributed by atoms with Crippen molar-refractivity contribution < 1.29 is 0 Å². The van der Waals surface area contributed by atoms with Gasteiger partial charge in [-0.05, 0) is 40.1 Å². The zero-order valence-corrected chi connectivity index (χ0v) is 24.9. The van der Waals surface area contributed by atoms with Gasteiger partial charge < -0.3 is 0 Å². The molecule has 0 saturated heterocycles. The molecule has 46 heavy (non-hydrogen) atoms. The highest BCUT2D eigenvalue weighted by Gasteiger charge is 2.15. The molecule has 0 aliphatic rings. The molecular weight excluding hydrogens is 558 g/mol. The van der Waals surface area contributed by atoms with E-state index in [9.17, 15) is 0 Å². The SMILES string of the molecule is c1ccc(-c2nc(-c3ccc(-c4cccc(-c5nc6ccccc6c6c5ccc5ccccc56)c4)cc3)nc3ccccc23)cc1. The summed E-state index contributed by atoms with van der Waals surface area (Å²) < 4.78 is 0. The van der Waals surface area contributed by atoms with Gasteiger partial charge in [-0.2, -0.15) is 0 Å². The lowest BCUT2D eigenvalue weighted by atomic mass is 9.94. The molecule has 2 aromatic heterocycles. The van der Waals surface area contributed by atoms with E-state index < -0.39 is 0 Å². The van der Waals surface area contributed by atoms with Gasteiger partial charge in [-0.15, -0.1) is 0 Å². The summed E-state index contributed by atoms with van der Waals surface area (Å²) >= 11 is 0. The van der Waals surface area contributed by atoms with Crippen LogP contribution in [-0.2, 0) is 0 Å². The zero-order valence-electron chi connectivity index (χ0n) is 24.9. The van der Waals surface area contributed by atoms with Crippen LogP contribution in [0.2, 0.25) is 0 Å². The van der Waals surface area contributed by atoms with Crippen molar-refractivity contribution in [3.63, 3.8) is 0 Å². The molecule has 0 bridgehead atoms. The summed E-state index contributed by atoms with van der Waals surface area (Å²) in [4.78, 5) is 15.2. The minimum atomic E-state index is 0.719. The topological polar surface area (TPSA) is 38.7 Å². The summed E-state index contributed by atoms with van der Waals surface area (Å²) in [5, 5.41) is 7.12. The van der Waals surface area contributed by atoms with E-state index in [0.717, 1.165) is 66.8 Å². The van der Waals surface area contributed by atoms with Gasteiger partial charge in [-0.3, -0.25) is 0 Å². The van der Waals surface area contributed by atoms with Gasteiger partial charge in [-0.25, -0.2) is 15.0 Å². The average molecular weight is 586 g/mol. The Balaban J connectivity index is 1.14. The number of benzene rings is 7. The van der Waals surface area contributed by atoms with Crippen LogP contribution in [0.3, 0.4) is 0 Å². The highest BCUT2D eigenvalue weighted by Crippen LogP contribution is 2.38. The lowest BCUT2D eigenvalue weighted by Gasteiger charge is -2.13. The van der Waals surface area contributed by atoms with Gasteiger partial charge in [0.1, 0.15) is 0 Å². The van der Waals surface area contributed by atoms with Crippen LogP contribution < -0.4 is 0 Å². The standard InChI is InChI=1S/C43H27N3/c1-2-12-30(13-3-1)41-36-18-7-9-20-39(36)45-43(46-41)31-23-21-28(22-24-31)32-14-10-15-33(27-32)42-37-26-25-29-11-4-5-16-34(29)40(37)35-17-6-8-19-38(35)44-42/h1-27H. The van der Waals surface area contributed by atoms with Crippen LogP contribution in [0.5, 0.6) is 0 Å². The molecule has 9 rings (SSSR count). The Labute approximate surface area is 266 Å². The van der Waals surface area contributed by atoms with E-state index in [0.29, 0.717) is 0 Å². The smallest absolute Gasteiger partial charge is 0.160 e. The number of hydrogen-bond donors (Lipinski definition) is 0. The summed E-state index contributed by atoms with van der Waals surface area (Å²) in [6, 6.07) is 57.3. The largest absolute Gasteiger partial charge is 0.247 e. The maximum Gasteiger partial charge on any atom is 0.160 e. The third kappa shape index (κ3) is 4.41. The summed E-state index contributed by atoms with van der Waals surface area (Å²) in [7, 11) is 0. The Bertz CT molecular complexity index is 2560. The fourth-order valence-electron chi connectivity index (χ4n) is 6.62. The molecule has 9 aromatic rings. The summed E-state index contributed by atoms with van der Waals surface area (Å²) in [6.45, 7) is 0. The van der Waals surface area contributed by atoms with Gasteiger partial charge in [0, 0.05) is 38.2 Å². The molecule has 2 heterocycles. The molecule has 0 atom stereocenters. The Hall–Kier alpha value is -6.19. The van der Waals surface area contributed by atoms with Crippen LogP contribution in [-0.4, -0.2) is 15.0 Å². The average Bonchev–Trinajstić information content (AvgIpc) is 3.14. The fourth-order valence-corrected chi connectivity index (χ4v) is 6.62. The van der Waals surface area contributed by atoms with Crippen LogP contribution in [0.25, 0.3) is 88.4 Å². The van der Waals surface area contributed by atoms with Gasteiger partial charge in [0.15, 0.2) is 5.82 Å². The first-order chi connectivity index (χ1) is 22.8. The number of nitrogens with zero attached hydrogens (tertiary/aromatic N) is 3.